The number of carbonyl (C=O) groups excluding carboxylic acids is 3. The molecule has 0 spiro atoms. The summed E-state index contributed by atoms with van der Waals surface area (Å²) < 4.78 is 43.1. The number of carbonyl (C=O) groups is 3. The SMILES string of the molecule is CC(=O)c1c[nH]c(C(=O)OCC(=O)Nc2ccc(Cl)c(C(F)(F)F)c2)c1. The van der Waals surface area contributed by atoms with Crippen LogP contribution >= 0.6 is 11.6 Å². The minimum absolute atomic E-state index is 0.0335. The van der Waals surface area contributed by atoms with Crippen molar-refractivity contribution in [2.75, 3.05) is 11.9 Å². The smallest absolute Gasteiger partial charge is 0.417 e. The van der Waals surface area contributed by atoms with E-state index in [9.17, 15) is 27.6 Å². The van der Waals surface area contributed by atoms with E-state index in [4.69, 9.17) is 16.3 Å². The molecule has 138 valence electrons. The van der Waals surface area contributed by atoms with Crippen LogP contribution in [0.2, 0.25) is 5.02 Å². The van der Waals surface area contributed by atoms with Crippen LogP contribution in [0.4, 0.5) is 18.9 Å². The average Bonchev–Trinajstić information content (AvgIpc) is 3.03. The predicted molar refractivity (Wildman–Crippen MR) is 86.2 cm³/mol. The van der Waals surface area contributed by atoms with Gasteiger partial charge in [-0.15, -0.1) is 0 Å². The van der Waals surface area contributed by atoms with E-state index in [1.165, 1.54) is 25.3 Å². The second-order valence-corrected chi connectivity index (χ2v) is 5.58. The second kappa shape index (κ2) is 7.61. The third-order valence-corrected chi connectivity index (χ3v) is 3.53. The molecule has 0 bridgehead atoms. The first-order valence-corrected chi connectivity index (χ1v) is 7.49. The van der Waals surface area contributed by atoms with E-state index in [2.05, 4.69) is 10.3 Å². The maximum Gasteiger partial charge on any atom is 0.417 e. The van der Waals surface area contributed by atoms with Crippen molar-refractivity contribution in [1.82, 2.24) is 4.98 Å². The zero-order valence-corrected chi connectivity index (χ0v) is 14.0. The molecule has 2 rings (SSSR count). The number of ether oxygens (including phenoxy) is 1. The van der Waals surface area contributed by atoms with Crippen LogP contribution in [0.3, 0.4) is 0 Å². The highest BCUT2D eigenvalue weighted by Crippen LogP contribution is 2.36. The molecule has 0 aliphatic carbocycles. The number of Topliss-reactive ketones (excluding diaryl/α,β-unsaturated/α-hetero) is 1. The summed E-state index contributed by atoms with van der Waals surface area (Å²) in [5.74, 6) is -1.99. The molecule has 0 saturated heterocycles. The lowest BCUT2D eigenvalue weighted by Gasteiger charge is -2.11. The van der Waals surface area contributed by atoms with Crippen LogP contribution < -0.4 is 5.32 Å². The third kappa shape index (κ3) is 4.85. The van der Waals surface area contributed by atoms with Gasteiger partial charge >= 0.3 is 12.1 Å². The minimum atomic E-state index is -4.67. The van der Waals surface area contributed by atoms with E-state index in [0.717, 1.165) is 6.07 Å². The van der Waals surface area contributed by atoms with Gasteiger partial charge in [-0.25, -0.2) is 4.79 Å². The molecule has 0 aliphatic rings. The highest BCUT2D eigenvalue weighted by Gasteiger charge is 2.33. The van der Waals surface area contributed by atoms with Crippen molar-refractivity contribution in [2.24, 2.45) is 0 Å². The van der Waals surface area contributed by atoms with E-state index in [1.807, 2.05) is 0 Å². The fraction of sp³-hybridized carbons (Fsp3) is 0.188. The van der Waals surface area contributed by atoms with Gasteiger partial charge < -0.3 is 15.0 Å². The number of aromatic amines is 1. The van der Waals surface area contributed by atoms with Gasteiger partial charge in [0.25, 0.3) is 5.91 Å². The lowest BCUT2D eigenvalue weighted by atomic mass is 10.2. The van der Waals surface area contributed by atoms with Crippen LogP contribution in [0.15, 0.2) is 30.5 Å². The Labute approximate surface area is 150 Å². The Balaban J connectivity index is 1.96. The molecular formula is C16H12ClF3N2O4. The van der Waals surface area contributed by atoms with Crippen LogP contribution in [-0.2, 0) is 15.7 Å². The molecule has 0 saturated carbocycles. The Morgan fingerprint density at radius 2 is 1.92 bits per heavy atom. The maximum absolute atomic E-state index is 12.8. The lowest BCUT2D eigenvalue weighted by Crippen LogP contribution is -2.21. The Hall–Kier alpha value is -2.81. The molecule has 0 atom stereocenters. The fourth-order valence-electron chi connectivity index (χ4n) is 1.94. The number of aromatic nitrogens is 1. The number of benzene rings is 1. The normalized spacial score (nSPS) is 11.1. The van der Waals surface area contributed by atoms with Crippen molar-refractivity contribution < 1.29 is 32.3 Å². The Bertz CT molecular complexity index is 861. The number of rotatable bonds is 5. The molecule has 0 fully saturated rings. The van der Waals surface area contributed by atoms with Crippen molar-refractivity contribution in [2.45, 2.75) is 13.1 Å². The number of amides is 1. The second-order valence-electron chi connectivity index (χ2n) is 5.17. The van der Waals surface area contributed by atoms with Crippen LogP contribution in [-0.4, -0.2) is 29.3 Å². The van der Waals surface area contributed by atoms with Gasteiger partial charge in [0, 0.05) is 17.4 Å². The number of alkyl halides is 3. The Kier molecular flexibility index (Phi) is 5.71. The molecule has 1 amide bonds. The number of hydrogen-bond acceptors (Lipinski definition) is 4. The van der Waals surface area contributed by atoms with Gasteiger partial charge in [-0.05, 0) is 31.2 Å². The molecule has 10 heteroatoms. The first-order chi connectivity index (χ1) is 12.1. The van der Waals surface area contributed by atoms with Gasteiger partial charge in [0.15, 0.2) is 12.4 Å². The average molecular weight is 389 g/mol. The molecule has 2 aromatic rings. The molecule has 0 radical (unpaired) electrons. The first kappa shape index (κ1) is 19.5. The molecule has 1 aromatic carbocycles. The summed E-state index contributed by atoms with van der Waals surface area (Å²) in [6, 6.07) is 4.11. The van der Waals surface area contributed by atoms with Crippen molar-refractivity contribution in [1.29, 1.82) is 0 Å². The number of halogens is 4. The molecule has 0 unspecified atom stereocenters. The van der Waals surface area contributed by atoms with Crippen LogP contribution in [0.25, 0.3) is 0 Å². The lowest BCUT2D eigenvalue weighted by molar-refractivity contribution is -0.137. The van der Waals surface area contributed by atoms with Crippen LogP contribution in [0.5, 0.6) is 0 Å². The van der Waals surface area contributed by atoms with Crippen molar-refractivity contribution in [3.05, 3.63) is 52.3 Å². The van der Waals surface area contributed by atoms with Crippen LogP contribution in [0, 0.1) is 0 Å². The van der Waals surface area contributed by atoms with Gasteiger partial charge in [0.1, 0.15) is 5.69 Å². The van der Waals surface area contributed by atoms with Gasteiger partial charge in [0.2, 0.25) is 0 Å². The largest absolute Gasteiger partial charge is 0.451 e. The summed E-state index contributed by atoms with van der Waals surface area (Å²) in [5, 5.41) is 1.67. The monoisotopic (exact) mass is 388 g/mol. The van der Waals surface area contributed by atoms with Crippen LogP contribution in [0.1, 0.15) is 33.3 Å². The number of anilines is 1. The van der Waals surface area contributed by atoms with Gasteiger partial charge in [-0.1, -0.05) is 11.6 Å². The molecule has 1 heterocycles. The molecule has 26 heavy (non-hydrogen) atoms. The van der Waals surface area contributed by atoms with E-state index in [-0.39, 0.29) is 22.7 Å². The topological polar surface area (TPSA) is 88.3 Å². The number of esters is 1. The summed E-state index contributed by atoms with van der Waals surface area (Å²) in [6.45, 7) is 0.588. The highest BCUT2D eigenvalue weighted by molar-refractivity contribution is 6.31. The zero-order chi connectivity index (χ0) is 19.5. The maximum atomic E-state index is 12.8. The Morgan fingerprint density at radius 1 is 1.23 bits per heavy atom. The summed E-state index contributed by atoms with van der Waals surface area (Å²) in [7, 11) is 0. The molecule has 2 N–H and O–H groups in total. The minimum Gasteiger partial charge on any atom is -0.451 e. The summed E-state index contributed by atoms with van der Waals surface area (Å²) in [5.41, 5.74) is -1.02. The zero-order valence-electron chi connectivity index (χ0n) is 13.2. The van der Waals surface area contributed by atoms with Crippen molar-refractivity contribution in [3.63, 3.8) is 0 Å². The molecule has 6 nitrogen and oxygen atoms in total. The summed E-state index contributed by atoms with van der Waals surface area (Å²) in [6.07, 6.45) is -3.36. The highest BCUT2D eigenvalue weighted by atomic mass is 35.5. The fourth-order valence-corrected chi connectivity index (χ4v) is 2.17. The van der Waals surface area contributed by atoms with Gasteiger partial charge in [0.05, 0.1) is 10.6 Å². The van der Waals surface area contributed by atoms with E-state index >= 15 is 0 Å². The quantitative estimate of drug-likeness (QED) is 0.604. The summed E-state index contributed by atoms with van der Waals surface area (Å²) in [4.78, 5) is 37.2. The molecule has 0 aliphatic heterocycles. The van der Waals surface area contributed by atoms with E-state index in [0.29, 0.717) is 6.07 Å². The summed E-state index contributed by atoms with van der Waals surface area (Å²) >= 11 is 5.48. The number of ketones is 1. The predicted octanol–water partition coefficient (Wildman–Crippen LogP) is 3.69. The third-order valence-electron chi connectivity index (χ3n) is 3.20. The number of hydrogen-bond donors (Lipinski definition) is 2. The van der Waals surface area contributed by atoms with Crippen molar-refractivity contribution in [3.8, 4) is 0 Å². The molecular weight excluding hydrogens is 377 g/mol. The standard InChI is InChI=1S/C16H12ClF3N2O4/c1-8(23)9-4-13(21-6-9)15(25)26-7-14(24)22-10-2-3-12(17)11(5-10)16(18,19)20/h2-6,21H,7H2,1H3,(H,22,24). The first-order valence-electron chi connectivity index (χ1n) is 7.11. The van der Waals surface area contributed by atoms with Gasteiger partial charge in [-0.2, -0.15) is 13.2 Å². The number of nitrogens with one attached hydrogen (secondary N) is 2. The van der Waals surface area contributed by atoms with E-state index < -0.39 is 35.2 Å². The van der Waals surface area contributed by atoms with E-state index in [1.54, 1.807) is 0 Å². The molecule has 1 aromatic heterocycles. The Morgan fingerprint density at radius 3 is 2.50 bits per heavy atom. The van der Waals surface area contributed by atoms with Gasteiger partial charge in [-0.3, -0.25) is 9.59 Å². The van der Waals surface area contributed by atoms with Crippen molar-refractivity contribution >= 4 is 34.9 Å². The number of H-pyrrole nitrogens is 1.